The van der Waals surface area contributed by atoms with Crippen LogP contribution in [-0.2, 0) is 14.8 Å². The molecule has 2 aromatic rings. The second-order valence-corrected chi connectivity index (χ2v) is 9.46. The highest BCUT2D eigenvalue weighted by Crippen LogP contribution is 2.33. The van der Waals surface area contributed by atoms with Crippen molar-refractivity contribution in [2.45, 2.75) is 45.6 Å². The van der Waals surface area contributed by atoms with Crippen LogP contribution in [0, 0.1) is 19.8 Å². The van der Waals surface area contributed by atoms with Crippen molar-refractivity contribution in [3.05, 3.63) is 53.6 Å². The molecule has 0 unspecified atom stereocenters. The zero-order valence-electron chi connectivity index (χ0n) is 17.9. The monoisotopic (exact) mass is 418 g/mol. The number of benzene rings is 2. The molecule has 29 heavy (non-hydrogen) atoms. The van der Waals surface area contributed by atoms with Gasteiger partial charge in [-0.25, -0.2) is 8.42 Å². The number of amides is 1. The molecule has 0 aliphatic carbocycles. The van der Waals surface area contributed by atoms with Crippen molar-refractivity contribution in [2.75, 3.05) is 18.0 Å². The number of carbonyl (C=O) groups is 1. The predicted octanol–water partition coefficient (Wildman–Crippen LogP) is 3.67. The molecular formula is C22H30N2O4S. The quantitative estimate of drug-likeness (QED) is 0.710. The number of anilines is 1. The van der Waals surface area contributed by atoms with Crippen LogP contribution in [-0.4, -0.2) is 34.0 Å². The van der Waals surface area contributed by atoms with Gasteiger partial charge in [0.2, 0.25) is 5.91 Å². The van der Waals surface area contributed by atoms with Gasteiger partial charge in [0.25, 0.3) is 10.0 Å². The summed E-state index contributed by atoms with van der Waals surface area (Å²) in [5, 5.41) is 2.88. The van der Waals surface area contributed by atoms with Gasteiger partial charge >= 0.3 is 0 Å². The Balaban J connectivity index is 2.53. The molecule has 6 nitrogen and oxygen atoms in total. The first kappa shape index (κ1) is 22.7. The van der Waals surface area contributed by atoms with Crippen molar-refractivity contribution in [2.24, 2.45) is 5.92 Å². The second kappa shape index (κ2) is 9.31. The smallest absolute Gasteiger partial charge is 0.264 e. The third kappa shape index (κ3) is 5.50. The fourth-order valence-corrected chi connectivity index (χ4v) is 4.15. The van der Waals surface area contributed by atoms with E-state index in [-0.39, 0.29) is 29.3 Å². The zero-order valence-corrected chi connectivity index (χ0v) is 18.7. The van der Waals surface area contributed by atoms with Gasteiger partial charge in [0.1, 0.15) is 12.3 Å². The van der Waals surface area contributed by atoms with E-state index in [9.17, 15) is 13.2 Å². The molecule has 1 amide bonds. The summed E-state index contributed by atoms with van der Waals surface area (Å²) in [5.74, 6) is 0.246. The molecule has 0 aromatic heterocycles. The molecule has 1 N–H and O–H groups in total. The topological polar surface area (TPSA) is 75.7 Å². The molecule has 0 bridgehead atoms. The molecule has 2 rings (SSSR count). The highest BCUT2D eigenvalue weighted by molar-refractivity contribution is 7.92. The summed E-state index contributed by atoms with van der Waals surface area (Å²) in [7, 11) is -2.50. The second-order valence-electron chi connectivity index (χ2n) is 7.60. The fourth-order valence-electron chi connectivity index (χ4n) is 2.73. The van der Waals surface area contributed by atoms with Crippen LogP contribution in [0.1, 0.15) is 31.9 Å². The van der Waals surface area contributed by atoms with Gasteiger partial charge in [-0.2, -0.15) is 0 Å². The zero-order chi connectivity index (χ0) is 21.8. The Hall–Kier alpha value is -2.54. The summed E-state index contributed by atoms with van der Waals surface area (Å²) in [6, 6.07) is 11.7. The van der Waals surface area contributed by atoms with E-state index in [0.717, 1.165) is 15.4 Å². The molecular weight excluding hydrogens is 388 g/mol. The number of nitrogens with one attached hydrogen (secondary N) is 1. The Bertz CT molecular complexity index is 953. The van der Waals surface area contributed by atoms with Crippen LogP contribution < -0.4 is 14.4 Å². The van der Waals surface area contributed by atoms with Gasteiger partial charge in [-0.05, 0) is 56.5 Å². The third-order valence-electron chi connectivity index (χ3n) is 4.89. The van der Waals surface area contributed by atoms with E-state index in [2.05, 4.69) is 5.32 Å². The van der Waals surface area contributed by atoms with Gasteiger partial charge in [-0.1, -0.05) is 37.6 Å². The number of hydrogen-bond donors (Lipinski definition) is 1. The van der Waals surface area contributed by atoms with E-state index in [0.29, 0.717) is 11.4 Å². The number of carbonyl (C=O) groups excluding carboxylic acids is 1. The molecule has 0 spiro atoms. The first-order valence-corrected chi connectivity index (χ1v) is 11.0. The highest BCUT2D eigenvalue weighted by Gasteiger charge is 2.30. The maximum Gasteiger partial charge on any atom is 0.264 e. The number of ether oxygens (including phenoxy) is 1. The number of aryl methyl sites for hydroxylation is 2. The van der Waals surface area contributed by atoms with Crippen LogP contribution in [0.3, 0.4) is 0 Å². The highest BCUT2D eigenvalue weighted by atomic mass is 32.2. The van der Waals surface area contributed by atoms with E-state index in [1.54, 1.807) is 36.4 Å². The molecule has 0 aliphatic heterocycles. The number of hydrogen-bond acceptors (Lipinski definition) is 4. The number of sulfonamides is 1. The van der Waals surface area contributed by atoms with Crippen LogP contribution in [0.4, 0.5) is 5.69 Å². The predicted molar refractivity (Wildman–Crippen MR) is 116 cm³/mol. The Morgan fingerprint density at radius 3 is 2.17 bits per heavy atom. The molecule has 1 atom stereocenters. The summed E-state index contributed by atoms with van der Waals surface area (Å²) < 4.78 is 33.4. The van der Waals surface area contributed by atoms with Crippen molar-refractivity contribution in [3.63, 3.8) is 0 Å². The molecule has 7 heteroatoms. The lowest BCUT2D eigenvalue weighted by molar-refractivity contribution is -0.120. The molecule has 0 heterocycles. The lowest BCUT2D eigenvalue weighted by Gasteiger charge is -2.27. The number of nitrogens with zero attached hydrogens (tertiary/aromatic N) is 1. The van der Waals surface area contributed by atoms with Crippen molar-refractivity contribution < 1.29 is 17.9 Å². The van der Waals surface area contributed by atoms with Crippen molar-refractivity contribution in [1.29, 1.82) is 0 Å². The van der Waals surface area contributed by atoms with Crippen LogP contribution in [0.5, 0.6) is 5.75 Å². The van der Waals surface area contributed by atoms with E-state index in [4.69, 9.17) is 4.74 Å². The van der Waals surface area contributed by atoms with Gasteiger partial charge in [-0.15, -0.1) is 0 Å². The van der Waals surface area contributed by atoms with E-state index < -0.39 is 10.0 Å². The van der Waals surface area contributed by atoms with Crippen LogP contribution in [0.2, 0.25) is 0 Å². The first-order valence-electron chi connectivity index (χ1n) is 9.59. The third-order valence-corrected chi connectivity index (χ3v) is 6.66. The standard InChI is InChI=1S/C22H30N2O4S/c1-15(2)18(5)23-22(25)14-24(20-13-17(4)9-12-21(20)28-6)29(26,27)19-10-7-16(3)8-11-19/h7-13,15,18H,14H2,1-6H3,(H,23,25)/t18-/m1/s1. The maximum atomic E-state index is 13.5. The Labute approximate surface area is 173 Å². The van der Waals surface area contributed by atoms with E-state index in [1.165, 1.54) is 7.11 Å². The molecule has 0 saturated carbocycles. The van der Waals surface area contributed by atoms with Crippen molar-refractivity contribution in [1.82, 2.24) is 5.32 Å². The van der Waals surface area contributed by atoms with E-state index >= 15 is 0 Å². The normalized spacial score (nSPS) is 12.5. The maximum absolute atomic E-state index is 13.5. The van der Waals surface area contributed by atoms with Crippen LogP contribution in [0.25, 0.3) is 0 Å². The minimum atomic E-state index is -3.98. The summed E-state index contributed by atoms with van der Waals surface area (Å²) >= 11 is 0. The minimum Gasteiger partial charge on any atom is -0.495 e. The average Bonchev–Trinajstić information content (AvgIpc) is 2.66. The lowest BCUT2D eigenvalue weighted by atomic mass is 10.1. The molecule has 158 valence electrons. The SMILES string of the molecule is COc1ccc(C)cc1N(CC(=O)N[C@H](C)C(C)C)S(=O)(=O)c1ccc(C)cc1. The van der Waals surface area contributed by atoms with Gasteiger partial charge < -0.3 is 10.1 Å². The van der Waals surface area contributed by atoms with Gasteiger partial charge in [-0.3, -0.25) is 9.10 Å². The summed E-state index contributed by atoms with van der Waals surface area (Å²) in [6.07, 6.45) is 0. The molecule has 0 aliphatic rings. The lowest BCUT2D eigenvalue weighted by Crippen LogP contribution is -2.45. The molecule has 0 radical (unpaired) electrons. The summed E-state index contributed by atoms with van der Waals surface area (Å²) in [4.78, 5) is 12.8. The van der Waals surface area contributed by atoms with E-state index in [1.807, 2.05) is 40.7 Å². The van der Waals surface area contributed by atoms with Crippen molar-refractivity contribution >= 4 is 21.6 Å². The van der Waals surface area contributed by atoms with Gasteiger partial charge in [0.15, 0.2) is 0 Å². The first-order chi connectivity index (χ1) is 13.6. The Kier molecular flexibility index (Phi) is 7.30. The van der Waals surface area contributed by atoms with Crippen molar-refractivity contribution in [3.8, 4) is 5.75 Å². The largest absolute Gasteiger partial charge is 0.495 e. The van der Waals surface area contributed by atoms with Crippen LogP contribution >= 0.6 is 0 Å². The summed E-state index contributed by atoms with van der Waals surface area (Å²) in [5.41, 5.74) is 2.15. The fraction of sp³-hybridized carbons (Fsp3) is 0.409. The Morgan fingerprint density at radius 1 is 1.03 bits per heavy atom. The number of rotatable bonds is 8. The number of methoxy groups -OCH3 is 1. The molecule has 0 saturated heterocycles. The molecule has 0 fully saturated rings. The van der Waals surface area contributed by atoms with Crippen LogP contribution in [0.15, 0.2) is 47.4 Å². The molecule has 2 aromatic carbocycles. The van der Waals surface area contributed by atoms with Gasteiger partial charge in [0, 0.05) is 6.04 Å². The minimum absolute atomic E-state index is 0.0779. The van der Waals surface area contributed by atoms with Gasteiger partial charge in [0.05, 0.1) is 17.7 Å². The Morgan fingerprint density at radius 2 is 1.62 bits per heavy atom. The summed E-state index contributed by atoms with van der Waals surface area (Å²) in [6.45, 7) is 9.30. The average molecular weight is 419 g/mol.